The van der Waals surface area contributed by atoms with Crippen molar-refractivity contribution < 1.29 is 9.59 Å². The second-order valence-electron chi connectivity index (χ2n) is 9.29. The molecule has 160 valence electrons. The molecule has 1 saturated heterocycles. The van der Waals surface area contributed by atoms with Crippen molar-refractivity contribution in [3.05, 3.63) is 98.5 Å². The van der Waals surface area contributed by atoms with E-state index in [0.29, 0.717) is 21.7 Å². The first kappa shape index (κ1) is 20.0. The summed E-state index contributed by atoms with van der Waals surface area (Å²) in [6, 6.07) is 19.8. The van der Waals surface area contributed by atoms with E-state index in [1.807, 2.05) is 12.1 Å². The maximum Gasteiger partial charge on any atom is 0.238 e. The van der Waals surface area contributed by atoms with Gasteiger partial charge >= 0.3 is 0 Å². The lowest BCUT2D eigenvalue weighted by Gasteiger charge is -2.46. The standard InChI is InChI=1S/C27H21Cl2NO2/c1-13(2)14-7-9-18-19(11-14)23-17-6-4-3-5-16(17)22(18)24-25(23)27(32)30(26(24)31)21-10-8-15(28)12-20(21)29/h3-13,22-25H,1-2H3. The Balaban J connectivity index is 1.56. The minimum absolute atomic E-state index is 0.134. The molecule has 4 unspecified atom stereocenters. The van der Waals surface area contributed by atoms with E-state index >= 15 is 0 Å². The van der Waals surface area contributed by atoms with Gasteiger partial charge in [-0.25, -0.2) is 4.90 Å². The van der Waals surface area contributed by atoms with Gasteiger partial charge in [-0.2, -0.15) is 0 Å². The Labute approximate surface area is 197 Å². The topological polar surface area (TPSA) is 37.4 Å². The molecule has 3 aromatic rings. The van der Waals surface area contributed by atoms with Crippen LogP contribution in [0.5, 0.6) is 0 Å². The summed E-state index contributed by atoms with van der Waals surface area (Å²) >= 11 is 12.5. The molecule has 3 nitrogen and oxygen atoms in total. The van der Waals surface area contributed by atoms with Gasteiger partial charge in [0, 0.05) is 16.9 Å². The zero-order valence-electron chi connectivity index (χ0n) is 17.7. The van der Waals surface area contributed by atoms with Crippen LogP contribution in [0.15, 0.2) is 60.7 Å². The summed E-state index contributed by atoms with van der Waals surface area (Å²) in [6.45, 7) is 4.35. The van der Waals surface area contributed by atoms with Gasteiger partial charge in [-0.15, -0.1) is 0 Å². The van der Waals surface area contributed by atoms with Crippen LogP contribution in [0.2, 0.25) is 10.0 Å². The van der Waals surface area contributed by atoms with E-state index in [2.05, 4.69) is 44.2 Å². The third kappa shape index (κ3) is 2.55. The summed E-state index contributed by atoms with van der Waals surface area (Å²) in [5, 5.41) is 0.777. The summed E-state index contributed by atoms with van der Waals surface area (Å²) in [7, 11) is 0. The molecule has 0 radical (unpaired) electrons. The van der Waals surface area contributed by atoms with Crippen LogP contribution in [0.1, 0.15) is 59.4 Å². The van der Waals surface area contributed by atoms with Gasteiger partial charge in [0.1, 0.15) is 0 Å². The fraction of sp³-hybridized carbons (Fsp3) is 0.259. The lowest BCUT2D eigenvalue weighted by molar-refractivity contribution is -0.122. The summed E-state index contributed by atoms with van der Waals surface area (Å²) in [5.74, 6) is -1.08. The van der Waals surface area contributed by atoms with Gasteiger partial charge in [0.05, 0.1) is 22.5 Å². The third-order valence-corrected chi connectivity index (χ3v) is 7.92. The summed E-state index contributed by atoms with van der Waals surface area (Å²) in [6.07, 6.45) is 0. The fourth-order valence-corrected chi connectivity index (χ4v) is 6.50. The van der Waals surface area contributed by atoms with E-state index in [1.54, 1.807) is 18.2 Å². The normalized spacial score (nSPS) is 25.2. The summed E-state index contributed by atoms with van der Waals surface area (Å²) < 4.78 is 0. The molecule has 0 spiro atoms. The lowest BCUT2D eigenvalue weighted by atomic mass is 9.54. The van der Waals surface area contributed by atoms with Gasteiger partial charge in [-0.1, -0.05) is 79.5 Å². The molecule has 1 aliphatic heterocycles. The van der Waals surface area contributed by atoms with Gasteiger partial charge in [0.2, 0.25) is 11.8 Å². The molecule has 0 N–H and O–H groups in total. The molecule has 4 aliphatic rings. The second kappa shape index (κ2) is 6.94. The number of rotatable bonds is 2. The largest absolute Gasteiger partial charge is 0.274 e. The van der Waals surface area contributed by atoms with E-state index in [0.717, 1.165) is 11.1 Å². The van der Waals surface area contributed by atoms with Crippen LogP contribution in [0.4, 0.5) is 5.69 Å². The Bertz CT molecular complexity index is 1310. The van der Waals surface area contributed by atoms with Crippen molar-refractivity contribution in [3.8, 4) is 0 Å². The van der Waals surface area contributed by atoms with E-state index < -0.39 is 11.8 Å². The zero-order chi connectivity index (χ0) is 22.3. The fourth-order valence-electron chi connectivity index (χ4n) is 6.00. The van der Waals surface area contributed by atoms with Gasteiger partial charge in [-0.3, -0.25) is 9.59 Å². The Morgan fingerprint density at radius 1 is 0.750 bits per heavy atom. The van der Waals surface area contributed by atoms with Crippen LogP contribution in [0.3, 0.4) is 0 Å². The number of anilines is 1. The van der Waals surface area contributed by atoms with Crippen molar-refractivity contribution in [2.24, 2.45) is 11.8 Å². The molecule has 0 aromatic heterocycles. The van der Waals surface area contributed by atoms with Crippen molar-refractivity contribution >= 4 is 40.7 Å². The van der Waals surface area contributed by atoms with Crippen molar-refractivity contribution in [3.63, 3.8) is 0 Å². The van der Waals surface area contributed by atoms with Gasteiger partial charge in [0.15, 0.2) is 0 Å². The molecule has 2 amide bonds. The highest BCUT2D eigenvalue weighted by Gasteiger charge is 2.62. The number of carbonyl (C=O) groups is 2. The average molecular weight is 462 g/mol. The Hall–Kier alpha value is -2.62. The number of imide groups is 1. The number of halogens is 2. The molecule has 4 atom stereocenters. The molecular weight excluding hydrogens is 441 g/mol. The monoisotopic (exact) mass is 461 g/mol. The van der Waals surface area contributed by atoms with E-state index in [1.165, 1.54) is 21.6 Å². The molecule has 5 heteroatoms. The predicted molar refractivity (Wildman–Crippen MR) is 127 cm³/mol. The van der Waals surface area contributed by atoms with Crippen LogP contribution < -0.4 is 4.90 Å². The molecule has 32 heavy (non-hydrogen) atoms. The number of hydrogen-bond acceptors (Lipinski definition) is 2. The smallest absolute Gasteiger partial charge is 0.238 e. The number of hydrogen-bond donors (Lipinski definition) is 0. The van der Waals surface area contributed by atoms with Crippen LogP contribution in [0.25, 0.3) is 0 Å². The van der Waals surface area contributed by atoms with Crippen molar-refractivity contribution in [1.29, 1.82) is 0 Å². The van der Waals surface area contributed by atoms with Crippen LogP contribution in [-0.2, 0) is 9.59 Å². The van der Waals surface area contributed by atoms with Gasteiger partial charge in [-0.05, 0) is 51.9 Å². The molecule has 1 heterocycles. The predicted octanol–water partition coefficient (Wildman–Crippen LogP) is 6.51. The highest BCUT2D eigenvalue weighted by Crippen LogP contribution is 2.61. The number of nitrogens with zero attached hydrogens (tertiary/aromatic N) is 1. The maximum atomic E-state index is 13.8. The van der Waals surface area contributed by atoms with Crippen molar-refractivity contribution in [2.45, 2.75) is 31.6 Å². The number of carbonyl (C=O) groups excluding carboxylic acids is 2. The minimum Gasteiger partial charge on any atom is -0.274 e. The first-order chi connectivity index (χ1) is 15.4. The lowest BCUT2D eigenvalue weighted by Crippen LogP contribution is -2.41. The van der Waals surface area contributed by atoms with Gasteiger partial charge in [0.25, 0.3) is 0 Å². The molecule has 3 aromatic carbocycles. The Morgan fingerprint density at radius 3 is 1.94 bits per heavy atom. The first-order valence-corrected chi connectivity index (χ1v) is 11.7. The highest BCUT2D eigenvalue weighted by molar-refractivity contribution is 6.38. The van der Waals surface area contributed by atoms with Crippen LogP contribution in [0, 0.1) is 11.8 Å². The van der Waals surface area contributed by atoms with Gasteiger partial charge < -0.3 is 0 Å². The first-order valence-electron chi connectivity index (χ1n) is 10.9. The highest BCUT2D eigenvalue weighted by atomic mass is 35.5. The summed E-state index contributed by atoms with van der Waals surface area (Å²) in [5.41, 5.74) is 6.34. The minimum atomic E-state index is -0.427. The number of amides is 2. The summed E-state index contributed by atoms with van der Waals surface area (Å²) in [4.78, 5) is 28.9. The van der Waals surface area contributed by atoms with E-state index in [-0.39, 0.29) is 23.7 Å². The molecule has 3 aliphatic carbocycles. The molecule has 1 fully saturated rings. The van der Waals surface area contributed by atoms with Crippen LogP contribution in [-0.4, -0.2) is 11.8 Å². The maximum absolute atomic E-state index is 13.8. The molecule has 7 rings (SSSR count). The quantitative estimate of drug-likeness (QED) is 0.407. The van der Waals surface area contributed by atoms with E-state index in [9.17, 15) is 9.59 Å². The van der Waals surface area contributed by atoms with Crippen molar-refractivity contribution in [2.75, 3.05) is 4.90 Å². The molecule has 0 saturated carbocycles. The Morgan fingerprint density at radius 2 is 1.34 bits per heavy atom. The second-order valence-corrected chi connectivity index (χ2v) is 10.1. The Kier molecular flexibility index (Phi) is 4.34. The number of benzene rings is 3. The SMILES string of the molecule is CC(C)c1ccc2c(c1)C1c3ccccc3C2C2C(=O)N(c3ccc(Cl)cc3Cl)C(=O)C12. The van der Waals surface area contributed by atoms with E-state index in [4.69, 9.17) is 23.2 Å². The average Bonchev–Trinajstić information content (AvgIpc) is 3.04. The zero-order valence-corrected chi connectivity index (χ0v) is 19.2. The van der Waals surface area contributed by atoms with Crippen LogP contribution >= 0.6 is 23.2 Å². The third-order valence-electron chi connectivity index (χ3n) is 7.38. The van der Waals surface area contributed by atoms with Crippen molar-refractivity contribution in [1.82, 2.24) is 0 Å². The molecular formula is C27H21Cl2NO2. The molecule has 2 bridgehead atoms.